The minimum atomic E-state index is 0.0435. The molecule has 2 fully saturated rings. The lowest BCUT2D eigenvalue weighted by molar-refractivity contribution is 0.0618. The molecule has 0 aromatic carbocycles. The molecule has 0 unspecified atom stereocenters. The van der Waals surface area contributed by atoms with E-state index in [9.17, 15) is 4.79 Å². The molecule has 1 atom stereocenters. The van der Waals surface area contributed by atoms with Gasteiger partial charge in [-0.25, -0.2) is 0 Å². The van der Waals surface area contributed by atoms with Crippen molar-refractivity contribution < 1.29 is 9.32 Å². The normalized spacial score (nSPS) is 23.4. The topological polar surface area (TPSA) is 46.3 Å². The van der Waals surface area contributed by atoms with Gasteiger partial charge in [0.25, 0.3) is 5.91 Å². The van der Waals surface area contributed by atoms with Crippen LogP contribution in [0.15, 0.2) is 10.6 Å². The van der Waals surface area contributed by atoms with Gasteiger partial charge in [0.2, 0.25) is 5.76 Å². The largest absolute Gasteiger partial charge is 0.351 e. The van der Waals surface area contributed by atoms with Gasteiger partial charge in [-0.3, -0.25) is 4.79 Å². The van der Waals surface area contributed by atoms with Crippen molar-refractivity contribution in [3.8, 4) is 0 Å². The summed E-state index contributed by atoms with van der Waals surface area (Å²) in [6.45, 7) is 5.32. The summed E-state index contributed by atoms with van der Waals surface area (Å²) in [4.78, 5) is 14.8. The molecule has 0 N–H and O–H groups in total. The Bertz CT molecular complexity index is 491. The smallest absolute Gasteiger partial charge is 0.292 e. The summed E-state index contributed by atoms with van der Waals surface area (Å²) < 4.78 is 5.33. The molecule has 21 heavy (non-hydrogen) atoms. The van der Waals surface area contributed by atoms with E-state index in [0.29, 0.717) is 23.6 Å². The number of likely N-dealkylation sites (tertiary alicyclic amines) is 1. The third-order valence-electron chi connectivity index (χ3n) is 4.62. The number of nitrogens with zero attached hydrogens (tertiary/aromatic N) is 2. The Morgan fingerprint density at radius 3 is 2.86 bits per heavy atom. The first-order chi connectivity index (χ1) is 10.1. The van der Waals surface area contributed by atoms with Crippen LogP contribution in [-0.4, -0.2) is 28.6 Å². The van der Waals surface area contributed by atoms with Gasteiger partial charge in [0.05, 0.1) is 5.69 Å². The predicted octanol–water partition coefficient (Wildman–Crippen LogP) is 3.98. The molecule has 4 heteroatoms. The van der Waals surface area contributed by atoms with E-state index in [-0.39, 0.29) is 5.91 Å². The SMILES string of the molecule is CC(C)C[C@H]1CCCCCN1C(=O)c1cc(C2CC2)no1. The van der Waals surface area contributed by atoms with Gasteiger partial charge in [0, 0.05) is 24.6 Å². The molecule has 2 heterocycles. The average Bonchev–Trinajstić information content (AvgIpc) is 3.22. The minimum Gasteiger partial charge on any atom is -0.351 e. The number of carbonyl (C=O) groups excluding carboxylic acids is 1. The zero-order chi connectivity index (χ0) is 14.8. The molecule has 4 nitrogen and oxygen atoms in total. The average molecular weight is 290 g/mol. The van der Waals surface area contributed by atoms with Crippen molar-refractivity contribution in [3.05, 3.63) is 17.5 Å². The zero-order valence-electron chi connectivity index (χ0n) is 13.2. The van der Waals surface area contributed by atoms with Gasteiger partial charge in [-0.2, -0.15) is 0 Å². The van der Waals surface area contributed by atoms with Crippen LogP contribution in [0.25, 0.3) is 0 Å². The fraction of sp³-hybridized carbons (Fsp3) is 0.765. The van der Waals surface area contributed by atoms with Crippen LogP contribution in [0.3, 0.4) is 0 Å². The van der Waals surface area contributed by atoms with Gasteiger partial charge >= 0.3 is 0 Å². The van der Waals surface area contributed by atoms with Crippen molar-refractivity contribution in [2.75, 3.05) is 6.54 Å². The van der Waals surface area contributed by atoms with Crippen molar-refractivity contribution in [2.24, 2.45) is 5.92 Å². The first-order valence-corrected chi connectivity index (χ1v) is 8.42. The molecular weight excluding hydrogens is 264 g/mol. The second kappa shape index (κ2) is 6.20. The highest BCUT2D eigenvalue weighted by Gasteiger charge is 2.32. The highest BCUT2D eigenvalue weighted by molar-refractivity contribution is 5.91. The van der Waals surface area contributed by atoms with E-state index in [2.05, 4.69) is 19.0 Å². The monoisotopic (exact) mass is 290 g/mol. The molecule has 0 radical (unpaired) electrons. The number of hydrogen-bond acceptors (Lipinski definition) is 3. The Morgan fingerprint density at radius 1 is 1.33 bits per heavy atom. The fourth-order valence-corrected chi connectivity index (χ4v) is 3.34. The lowest BCUT2D eigenvalue weighted by atomic mass is 9.98. The number of aromatic nitrogens is 1. The molecule has 1 aromatic rings. The Balaban J connectivity index is 1.74. The van der Waals surface area contributed by atoms with Crippen LogP contribution < -0.4 is 0 Å². The summed E-state index contributed by atoms with van der Waals surface area (Å²) in [7, 11) is 0. The highest BCUT2D eigenvalue weighted by atomic mass is 16.5. The van der Waals surface area contributed by atoms with Crippen LogP contribution in [0.5, 0.6) is 0 Å². The number of hydrogen-bond donors (Lipinski definition) is 0. The first-order valence-electron chi connectivity index (χ1n) is 8.42. The third kappa shape index (κ3) is 3.47. The minimum absolute atomic E-state index is 0.0435. The molecule has 3 rings (SSSR count). The molecule has 1 saturated heterocycles. The molecule has 1 aromatic heterocycles. The van der Waals surface area contributed by atoms with Gasteiger partial charge in [-0.05, 0) is 38.0 Å². The molecule has 0 bridgehead atoms. The second-order valence-electron chi connectivity index (χ2n) is 7.02. The summed E-state index contributed by atoms with van der Waals surface area (Å²) >= 11 is 0. The molecule has 2 aliphatic rings. The second-order valence-corrected chi connectivity index (χ2v) is 7.02. The summed E-state index contributed by atoms with van der Waals surface area (Å²) in [6.07, 6.45) is 8.11. The van der Waals surface area contributed by atoms with Crippen molar-refractivity contribution in [1.82, 2.24) is 10.1 Å². The summed E-state index contributed by atoms with van der Waals surface area (Å²) in [5, 5.41) is 4.08. The van der Waals surface area contributed by atoms with E-state index < -0.39 is 0 Å². The van der Waals surface area contributed by atoms with E-state index in [1.165, 1.54) is 25.7 Å². The Labute approximate surface area is 126 Å². The van der Waals surface area contributed by atoms with Gasteiger partial charge in [0.1, 0.15) is 0 Å². The third-order valence-corrected chi connectivity index (χ3v) is 4.62. The van der Waals surface area contributed by atoms with Crippen LogP contribution in [-0.2, 0) is 0 Å². The molecular formula is C17H26N2O2. The molecule has 1 aliphatic carbocycles. The van der Waals surface area contributed by atoms with Crippen LogP contribution in [0.2, 0.25) is 0 Å². The lowest BCUT2D eigenvalue weighted by Crippen LogP contribution is -2.40. The van der Waals surface area contributed by atoms with Gasteiger partial charge in [-0.1, -0.05) is 31.8 Å². The first kappa shape index (κ1) is 14.6. The van der Waals surface area contributed by atoms with Crippen LogP contribution in [0, 0.1) is 5.92 Å². The number of carbonyl (C=O) groups is 1. The van der Waals surface area contributed by atoms with E-state index >= 15 is 0 Å². The van der Waals surface area contributed by atoms with Gasteiger partial charge in [0.15, 0.2) is 0 Å². The summed E-state index contributed by atoms with van der Waals surface area (Å²) in [5.74, 6) is 1.63. The summed E-state index contributed by atoms with van der Waals surface area (Å²) in [5.41, 5.74) is 0.966. The van der Waals surface area contributed by atoms with Crippen LogP contribution in [0.1, 0.15) is 81.0 Å². The standard InChI is InChI=1S/C17H26N2O2/c1-12(2)10-14-6-4-3-5-9-19(14)17(20)16-11-15(18-21-16)13-7-8-13/h11-14H,3-10H2,1-2H3/t14-/m1/s1. The number of rotatable bonds is 4. The Morgan fingerprint density at radius 2 is 2.14 bits per heavy atom. The van der Waals surface area contributed by atoms with E-state index in [1.807, 2.05) is 11.0 Å². The van der Waals surface area contributed by atoms with Gasteiger partial charge in [-0.15, -0.1) is 0 Å². The van der Waals surface area contributed by atoms with Crippen molar-refractivity contribution >= 4 is 5.91 Å². The quantitative estimate of drug-likeness (QED) is 0.842. The summed E-state index contributed by atoms with van der Waals surface area (Å²) in [6, 6.07) is 2.23. The van der Waals surface area contributed by atoms with Crippen molar-refractivity contribution in [3.63, 3.8) is 0 Å². The van der Waals surface area contributed by atoms with E-state index in [4.69, 9.17) is 4.52 Å². The Hall–Kier alpha value is -1.32. The fourth-order valence-electron chi connectivity index (χ4n) is 3.34. The van der Waals surface area contributed by atoms with Crippen LogP contribution >= 0.6 is 0 Å². The van der Waals surface area contributed by atoms with Crippen molar-refractivity contribution in [2.45, 2.75) is 70.8 Å². The maximum Gasteiger partial charge on any atom is 0.292 e. The zero-order valence-corrected chi connectivity index (χ0v) is 13.2. The number of amides is 1. The lowest BCUT2D eigenvalue weighted by Gasteiger charge is -2.30. The van der Waals surface area contributed by atoms with E-state index in [0.717, 1.165) is 31.5 Å². The van der Waals surface area contributed by atoms with Crippen molar-refractivity contribution in [1.29, 1.82) is 0 Å². The molecule has 1 amide bonds. The maximum absolute atomic E-state index is 12.8. The molecule has 1 saturated carbocycles. The molecule has 0 spiro atoms. The molecule has 1 aliphatic heterocycles. The Kier molecular flexibility index (Phi) is 4.32. The maximum atomic E-state index is 12.8. The molecule has 116 valence electrons. The van der Waals surface area contributed by atoms with E-state index in [1.54, 1.807) is 0 Å². The van der Waals surface area contributed by atoms with Crippen LogP contribution in [0.4, 0.5) is 0 Å². The predicted molar refractivity (Wildman–Crippen MR) is 81.2 cm³/mol. The highest BCUT2D eigenvalue weighted by Crippen LogP contribution is 2.39. The van der Waals surface area contributed by atoms with Gasteiger partial charge < -0.3 is 9.42 Å².